The van der Waals surface area contributed by atoms with Crippen LogP contribution in [-0.4, -0.2) is 36.0 Å². The van der Waals surface area contributed by atoms with E-state index in [-0.39, 0.29) is 49.2 Å². The molecular weight excluding hydrogens is 262 g/mol. The lowest BCUT2D eigenvalue weighted by Crippen LogP contribution is -2.53. The highest BCUT2D eigenvalue weighted by Gasteiger charge is 2.47. The van der Waals surface area contributed by atoms with Crippen molar-refractivity contribution in [3.05, 3.63) is 0 Å². The summed E-state index contributed by atoms with van der Waals surface area (Å²) < 4.78 is 4.57. The van der Waals surface area contributed by atoms with Crippen LogP contribution in [0.1, 0.15) is 53.4 Å². The summed E-state index contributed by atoms with van der Waals surface area (Å²) in [5, 5.41) is 0. The van der Waals surface area contributed by atoms with Crippen LogP contribution in [0.15, 0.2) is 0 Å². The molecule has 0 saturated carbocycles. The SMILES string of the molecule is COC(=O)CCC(=O)N1CCC[C@@]1(C)C(C)(C)C.S. The summed E-state index contributed by atoms with van der Waals surface area (Å²) in [6.07, 6.45) is 2.49. The molecule has 19 heavy (non-hydrogen) atoms. The van der Waals surface area contributed by atoms with Crippen LogP contribution in [0.25, 0.3) is 0 Å². The topological polar surface area (TPSA) is 46.6 Å². The Kier molecular flexibility index (Phi) is 6.39. The smallest absolute Gasteiger partial charge is 0.306 e. The molecule has 0 unspecified atom stereocenters. The maximum Gasteiger partial charge on any atom is 0.306 e. The van der Waals surface area contributed by atoms with Crippen LogP contribution in [-0.2, 0) is 14.3 Å². The van der Waals surface area contributed by atoms with Crippen LogP contribution in [0.2, 0.25) is 0 Å². The van der Waals surface area contributed by atoms with E-state index in [2.05, 4.69) is 32.4 Å². The summed E-state index contributed by atoms with van der Waals surface area (Å²) in [5.41, 5.74) is -0.0649. The number of carbonyl (C=O) groups is 2. The van der Waals surface area contributed by atoms with Gasteiger partial charge in [-0.3, -0.25) is 9.59 Å². The van der Waals surface area contributed by atoms with Crippen LogP contribution in [0, 0.1) is 5.41 Å². The number of amides is 1. The van der Waals surface area contributed by atoms with Crippen LogP contribution in [0.3, 0.4) is 0 Å². The molecule has 0 radical (unpaired) electrons. The van der Waals surface area contributed by atoms with Crippen molar-refractivity contribution >= 4 is 25.4 Å². The fourth-order valence-electron chi connectivity index (χ4n) is 2.59. The highest BCUT2D eigenvalue weighted by molar-refractivity contribution is 7.59. The standard InChI is InChI=1S/C14H25NO3.H2S/c1-13(2,3)14(4)9-6-10-15(14)11(16)7-8-12(17)18-5;/h6-10H2,1-5H3;1H2/t14-;/m0./s1. The number of carbonyl (C=O) groups excluding carboxylic acids is 2. The van der Waals surface area contributed by atoms with Crippen molar-refractivity contribution in [1.29, 1.82) is 0 Å². The van der Waals surface area contributed by atoms with Gasteiger partial charge in [-0.2, -0.15) is 13.5 Å². The molecule has 1 fully saturated rings. The lowest BCUT2D eigenvalue weighted by Gasteiger charge is -2.45. The van der Waals surface area contributed by atoms with Gasteiger partial charge in [-0.1, -0.05) is 20.8 Å². The molecular formula is C14H27NO3S. The predicted molar refractivity (Wildman–Crippen MR) is 80.4 cm³/mol. The molecule has 1 saturated heterocycles. The van der Waals surface area contributed by atoms with Gasteiger partial charge in [0, 0.05) is 18.5 Å². The lowest BCUT2D eigenvalue weighted by atomic mass is 9.73. The molecule has 1 atom stereocenters. The first kappa shape index (κ1) is 18.3. The molecule has 0 spiro atoms. The van der Waals surface area contributed by atoms with Gasteiger partial charge in [0.1, 0.15) is 0 Å². The zero-order chi connectivity index (χ0) is 14.0. The second-order valence-electron chi connectivity index (χ2n) is 6.25. The monoisotopic (exact) mass is 289 g/mol. The summed E-state index contributed by atoms with van der Waals surface area (Å²) in [6, 6.07) is 0. The van der Waals surface area contributed by atoms with Crippen molar-refractivity contribution in [2.45, 2.75) is 58.9 Å². The van der Waals surface area contributed by atoms with Crippen LogP contribution in [0.5, 0.6) is 0 Å². The first-order valence-corrected chi connectivity index (χ1v) is 6.59. The van der Waals surface area contributed by atoms with Crippen molar-refractivity contribution in [3.8, 4) is 0 Å². The highest BCUT2D eigenvalue weighted by atomic mass is 32.1. The van der Waals surface area contributed by atoms with E-state index in [1.54, 1.807) is 0 Å². The van der Waals surface area contributed by atoms with Crippen molar-refractivity contribution in [3.63, 3.8) is 0 Å². The van der Waals surface area contributed by atoms with Gasteiger partial charge >= 0.3 is 5.97 Å². The van der Waals surface area contributed by atoms with E-state index < -0.39 is 0 Å². The van der Waals surface area contributed by atoms with Gasteiger partial charge < -0.3 is 9.64 Å². The number of likely N-dealkylation sites (tertiary alicyclic amines) is 1. The Labute approximate surface area is 123 Å². The maximum atomic E-state index is 12.2. The van der Waals surface area contributed by atoms with E-state index in [1.165, 1.54) is 7.11 Å². The summed E-state index contributed by atoms with van der Waals surface area (Å²) in [7, 11) is 1.35. The molecule has 1 aliphatic heterocycles. The molecule has 1 amide bonds. The normalized spacial score (nSPS) is 22.9. The Morgan fingerprint density at radius 1 is 1.26 bits per heavy atom. The second kappa shape index (κ2) is 6.64. The second-order valence-corrected chi connectivity index (χ2v) is 6.25. The zero-order valence-corrected chi connectivity index (χ0v) is 13.7. The average Bonchev–Trinajstić information content (AvgIpc) is 2.68. The fraction of sp³-hybridized carbons (Fsp3) is 0.857. The Hall–Kier alpha value is -0.710. The quantitative estimate of drug-likeness (QED) is 0.750. The molecule has 1 aliphatic rings. The van der Waals surface area contributed by atoms with E-state index in [0.29, 0.717) is 0 Å². The van der Waals surface area contributed by atoms with Crippen molar-refractivity contribution in [2.75, 3.05) is 13.7 Å². The molecule has 5 heteroatoms. The van der Waals surface area contributed by atoms with E-state index in [4.69, 9.17) is 0 Å². The largest absolute Gasteiger partial charge is 0.469 e. The predicted octanol–water partition coefficient (Wildman–Crippen LogP) is 2.48. The third-order valence-corrected chi connectivity index (χ3v) is 4.33. The third kappa shape index (κ3) is 3.88. The van der Waals surface area contributed by atoms with Crippen molar-refractivity contribution < 1.29 is 14.3 Å². The molecule has 112 valence electrons. The van der Waals surface area contributed by atoms with E-state index in [9.17, 15) is 9.59 Å². The zero-order valence-electron chi connectivity index (χ0n) is 12.7. The van der Waals surface area contributed by atoms with Crippen molar-refractivity contribution in [1.82, 2.24) is 4.90 Å². The number of hydrogen-bond donors (Lipinski definition) is 0. The van der Waals surface area contributed by atoms with Gasteiger partial charge in [0.25, 0.3) is 0 Å². The van der Waals surface area contributed by atoms with Gasteiger partial charge in [-0.25, -0.2) is 0 Å². The first-order chi connectivity index (χ1) is 8.22. The molecule has 0 aromatic heterocycles. The number of methoxy groups -OCH3 is 1. The summed E-state index contributed by atoms with van der Waals surface area (Å²) in [5.74, 6) is -0.254. The molecule has 0 aliphatic carbocycles. The molecule has 4 nitrogen and oxygen atoms in total. The Morgan fingerprint density at radius 2 is 1.84 bits per heavy atom. The molecule has 0 aromatic carbocycles. The minimum atomic E-state index is -0.319. The molecule has 0 N–H and O–H groups in total. The van der Waals surface area contributed by atoms with Crippen molar-refractivity contribution in [2.24, 2.45) is 5.41 Å². The van der Waals surface area contributed by atoms with Gasteiger partial charge in [-0.05, 0) is 25.2 Å². The number of hydrogen-bond acceptors (Lipinski definition) is 3. The molecule has 1 heterocycles. The Balaban J connectivity index is 0.00000324. The van der Waals surface area contributed by atoms with Gasteiger partial charge in [0.2, 0.25) is 5.91 Å². The van der Waals surface area contributed by atoms with Gasteiger partial charge in [-0.15, -0.1) is 0 Å². The average molecular weight is 289 g/mol. The Bertz CT molecular complexity index is 338. The fourth-order valence-corrected chi connectivity index (χ4v) is 2.59. The van der Waals surface area contributed by atoms with Crippen LogP contribution in [0.4, 0.5) is 0 Å². The van der Waals surface area contributed by atoms with E-state index in [1.807, 2.05) is 4.90 Å². The lowest BCUT2D eigenvalue weighted by molar-refractivity contribution is -0.146. The molecule has 1 rings (SSSR count). The van der Waals surface area contributed by atoms with E-state index >= 15 is 0 Å². The first-order valence-electron chi connectivity index (χ1n) is 6.59. The van der Waals surface area contributed by atoms with Gasteiger partial charge in [0.15, 0.2) is 0 Å². The van der Waals surface area contributed by atoms with E-state index in [0.717, 1.165) is 19.4 Å². The highest BCUT2D eigenvalue weighted by Crippen LogP contribution is 2.43. The van der Waals surface area contributed by atoms with Gasteiger partial charge in [0.05, 0.1) is 13.5 Å². The minimum absolute atomic E-state index is 0. The number of ether oxygens (including phenoxy) is 1. The van der Waals surface area contributed by atoms with Crippen LogP contribution >= 0.6 is 13.5 Å². The summed E-state index contributed by atoms with van der Waals surface area (Å²) in [4.78, 5) is 25.3. The number of nitrogens with zero attached hydrogens (tertiary/aromatic N) is 1. The summed E-state index contributed by atoms with van der Waals surface area (Å²) >= 11 is 0. The summed E-state index contributed by atoms with van der Waals surface area (Å²) in [6.45, 7) is 9.44. The third-order valence-electron chi connectivity index (χ3n) is 4.33. The molecule has 0 aromatic rings. The minimum Gasteiger partial charge on any atom is -0.469 e. The molecule has 0 bridgehead atoms. The maximum absolute atomic E-state index is 12.2. The number of rotatable bonds is 3. The number of esters is 1. The van der Waals surface area contributed by atoms with Crippen LogP contribution < -0.4 is 0 Å². The Morgan fingerprint density at radius 3 is 2.32 bits per heavy atom.